The van der Waals surface area contributed by atoms with E-state index in [2.05, 4.69) is 11.9 Å². The molecule has 0 radical (unpaired) electrons. The Hall–Kier alpha value is -1.93. The number of ether oxygens (including phenoxy) is 2. The first-order chi connectivity index (χ1) is 13.4. The number of aromatic nitrogens is 1. The van der Waals surface area contributed by atoms with Crippen LogP contribution < -0.4 is 0 Å². The van der Waals surface area contributed by atoms with Crippen molar-refractivity contribution in [2.24, 2.45) is 0 Å². The molecule has 0 saturated carbocycles. The van der Waals surface area contributed by atoms with Crippen molar-refractivity contribution in [3.05, 3.63) is 52.5 Å². The quantitative estimate of drug-likeness (QED) is 0.363. The summed E-state index contributed by atoms with van der Waals surface area (Å²) in [5, 5.41) is 2.18. The minimum Gasteiger partial charge on any atom is -0.452 e. The summed E-state index contributed by atoms with van der Waals surface area (Å²) in [7, 11) is 0.862. The predicted octanol–water partition coefficient (Wildman–Crippen LogP) is 5.80. The lowest BCUT2D eigenvalue weighted by molar-refractivity contribution is -0.278. The SMILES string of the molecule is CCCCCC[C@@H](OC(=O)[C@](OC)(c1ccccc1)C(F)(F)F)c1nccs1. The lowest BCUT2D eigenvalue weighted by atomic mass is 9.92. The zero-order valence-corrected chi connectivity index (χ0v) is 16.7. The summed E-state index contributed by atoms with van der Waals surface area (Å²) in [6, 6.07) is 6.82. The summed E-state index contributed by atoms with van der Waals surface area (Å²) in [6.45, 7) is 2.06. The van der Waals surface area contributed by atoms with Gasteiger partial charge in [0.15, 0.2) is 6.10 Å². The van der Waals surface area contributed by atoms with Crippen molar-refractivity contribution in [2.45, 2.75) is 56.9 Å². The molecule has 1 aromatic heterocycles. The second kappa shape index (κ2) is 10.0. The number of thiazole rings is 1. The molecule has 0 bridgehead atoms. The first kappa shape index (κ1) is 22.4. The second-order valence-electron chi connectivity index (χ2n) is 6.36. The third kappa shape index (κ3) is 4.91. The van der Waals surface area contributed by atoms with Crippen molar-refractivity contribution in [1.29, 1.82) is 0 Å². The minimum absolute atomic E-state index is 0.320. The van der Waals surface area contributed by atoms with Crippen LogP contribution >= 0.6 is 11.3 Å². The van der Waals surface area contributed by atoms with Crippen LogP contribution in [-0.4, -0.2) is 24.2 Å². The van der Waals surface area contributed by atoms with Gasteiger partial charge in [0.25, 0.3) is 5.60 Å². The number of methoxy groups -OCH3 is 1. The van der Waals surface area contributed by atoms with Crippen LogP contribution in [0.2, 0.25) is 0 Å². The minimum atomic E-state index is -4.99. The Balaban J connectivity index is 2.31. The fourth-order valence-electron chi connectivity index (χ4n) is 2.98. The molecule has 4 nitrogen and oxygen atoms in total. The van der Waals surface area contributed by atoms with Gasteiger partial charge in [-0.05, 0) is 12.8 Å². The highest BCUT2D eigenvalue weighted by molar-refractivity contribution is 7.09. The standard InChI is InChI=1S/C20H24F3NO3S/c1-3-4-5-9-12-16(17-24-13-14-28-17)27-18(25)19(26-2,20(21,22)23)15-10-7-6-8-11-15/h6-8,10-11,13-14,16H,3-5,9,12H2,1-2H3/t16-,19-/m1/s1. The van der Waals surface area contributed by atoms with E-state index in [1.54, 1.807) is 11.4 Å². The van der Waals surface area contributed by atoms with E-state index in [0.29, 0.717) is 11.4 Å². The number of unbranched alkanes of at least 4 members (excludes halogenated alkanes) is 3. The Morgan fingerprint density at radius 2 is 1.89 bits per heavy atom. The zero-order chi connectivity index (χ0) is 20.6. The first-order valence-electron chi connectivity index (χ1n) is 9.14. The fourth-order valence-corrected chi connectivity index (χ4v) is 3.68. The molecule has 1 aromatic carbocycles. The maximum atomic E-state index is 14.0. The summed E-state index contributed by atoms with van der Waals surface area (Å²) >= 11 is 1.25. The van der Waals surface area contributed by atoms with E-state index in [0.717, 1.165) is 32.8 Å². The molecule has 2 atom stereocenters. The van der Waals surface area contributed by atoms with Crippen LogP contribution in [-0.2, 0) is 19.9 Å². The third-order valence-electron chi connectivity index (χ3n) is 4.47. The molecule has 1 heterocycles. The Labute approximate surface area is 166 Å². The Morgan fingerprint density at radius 1 is 1.18 bits per heavy atom. The maximum absolute atomic E-state index is 14.0. The van der Waals surface area contributed by atoms with Gasteiger partial charge < -0.3 is 9.47 Å². The van der Waals surface area contributed by atoms with Gasteiger partial charge in [0, 0.05) is 24.3 Å². The van der Waals surface area contributed by atoms with Crippen LogP contribution in [0.1, 0.15) is 55.7 Å². The molecule has 0 aliphatic carbocycles. The van der Waals surface area contributed by atoms with Gasteiger partial charge in [-0.1, -0.05) is 56.5 Å². The smallest absolute Gasteiger partial charge is 0.432 e. The Kier molecular flexibility index (Phi) is 8.00. The molecule has 154 valence electrons. The molecule has 0 fully saturated rings. The van der Waals surface area contributed by atoms with Gasteiger partial charge >= 0.3 is 12.1 Å². The summed E-state index contributed by atoms with van der Waals surface area (Å²) in [5.41, 5.74) is -3.51. The van der Waals surface area contributed by atoms with Gasteiger partial charge in [-0.3, -0.25) is 0 Å². The highest BCUT2D eigenvalue weighted by atomic mass is 32.1. The van der Waals surface area contributed by atoms with E-state index in [-0.39, 0.29) is 5.56 Å². The first-order valence-corrected chi connectivity index (χ1v) is 10.0. The number of carbonyl (C=O) groups excluding carboxylic acids is 1. The molecule has 0 aliphatic heterocycles. The van der Waals surface area contributed by atoms with Crippen molar-refractivity contribution in [1.82, 2.24) is 4.98 Å². The van der Waals surface area contributed by atoms with E-state index >= 15 is 0 Å². The largest absolute Gasteiger partial charge is 0.452 e. The van der Waals surface area contributed by atoms with Crippen LogP contribution in [0.3, 0.4) is 0 Å². The number of halogens is 3. The lowest BCUT2D eigenvalue weighted by Crippen LogP contribution is -2.52. The van der Waals surface area contributed by atoms with Gasteiger partial charge in [-0.25, -0.2) is 9.78 Å². The molecule has 0 N–H and O–H groups in total. The van der Waals surface area contributed by atoms with Gasteiger partial charge in [0.05, 0.1) is 0 Å². The average molecular weight is 415 g/mol. The number of nitrogens with zero attached hydrogens (tertiary/aromatic N) is 1. The number of rotatable bonds is 10. The van der Waals surface area contributed by atoms with Gasteiger partial charge in [-0.2, -0.15) is 13.2 Å². The third-order valence-corrected chi connectivity index (χ3v) is 5.34. The molecule has 0 amide bonds. The van der Waals surface area contributed by atoms with Crippen LogP contribution in [0.4, 0.5) is 13.2 Å². The zero-order valence-electron chi connectivity index (χ0n) is 15.9. The molecule has 2 rings (SSSR count). The highest BCUT2D eigenvalue weighted by Crippen LogP contribution is 2.44. The molecular formula is C20H24F3NO3S. The topological polar surface area (TPSA) is 48.4 Å². The van der Waals surface area contributed by atoms with E-state index in [1.807, 2.05) is 0 Å². The van der Waals surface area contributed by atoms with Gasteiger partial charge in [0.1, 0.15) is 5.01 Å². The van der Waals surface area contributed by atoms with Crippen molar-refractivity contribution in [3.8, 4) is 0 Å². The summed E-state index contributed by atoms with van der Waals surface area (Å²) < 4.78 is 52.2. The number of esters is 1. The lowest BCUT2D eigenvalue weighted by Gasteiger charge is -2.33. The second-order valence-corrected chi connectivity index (χ2v) is 7.29. The van der Waals surface area contributed by atoms with Gasteiger partial charge in [-0.15, -0.1) is 11.3 Å². The van der Waals surface area contributed by atoms with Crippen molar-refractivity contribution in [3.63, 3.8) is 0 Å². The monoisotopic (exact) mass is 415 g/mol. The van der Waals surface area contributed by atoms with Crippen molar-refractivity contribution >= 4 is 17.3 Å². The fraction of sp³-hybridized carbons (Fsp3) is 0.500. The Morgan fingerprint density at radius 3 is 2.43 bits per heavy atom. The van der Waals surface area contributed by atoms with Gasteiger partial charge in [0.2, 0.25) is 0 Å². The van der Waals surface area contributed by atoms with Crippen LogP contribution in [0, 0.1) is 0 Å². The normalized spacial score (nSPS) is 15.0. The number of alkyl halides is 3. The molecule has 0 unspecified atom stereocenters. The predicted molar refractivity (Wildman–Crippen MR) is 101 cm³/mol. The van der Waals surface area contributed by atoms with E-state index in [1.165, 1.54) is 41.8 Å². The summed E-state index contributed by atoms with van der Waals surface area (Å²) in [4.78, 5) is 17.0. The van der Waals surface area contributed by atoms with Crippen molar-refractivity contribution < 1.29 is 27.4 Å². The average Bonchev–Trinajstić information content (AvgIpc) is 3.19. The molecule has 0 spiro atoms. The molecule has 0 saturated heterocycles. The Bertz CT molecular complexity index is 722. The number of benzene rings is 1. The van der Waals surface area contributed by atoms with E-state index < -0.39 is 23.9 Å². The van der Waals surface area contributed by atoms with Crippen molar-refractivity contribution in [2.75, 3.05) is 7.11 Å². The highest BCUT2D eigenvalue weighted by Gasteiger charge is 2.64. The molecule has 2 aromatic rings. The van der Waals surface area contributed by atoms with Crippen LogP contribution in [0.25, 0.3) is 0 Å². The number of carbonyl (C=O) groups is 1. The molecular weight excluding hydrogens is 391 g/mol. The molecule has 28 heavy (non-hydrogen) atoms. The van der Waals surface area contributed by atoms with Crippen LogP contribution in [0.15, 0.2) is 41.9 Å². The maximum Gasteiger partial charge on any atom is 0.432 e. The van der Waals surface area contributed by atoms with E-state index in [4.69, 9.17) is 9.47 Å². The number of hydrogen-bond acceptors (Lipinski definition) is 5. The number of hydrogen-bond donors (Lipinski definition) is 0. The van der Waals surface area contributed by atoms with E-state index in [9.17, 15) is 18.0 Å². The summed E-state index contributed by atoms with van der Waals surface area (Å²) in [5.74, 6) is -1.48. The van der Waals surface area contributed by atoms with Crippen LogP contribution in [0.5, 0.6) is 0 Å². The summed E-state index contributed by atoms with van der Waals surface area (Å²) in [6.07, 6.45) is -0.223. The molecule has 8 heteroatoms. The molecule has 0 aliphatic rings.